The first kappa shape index (κ1) is 45.5. The maximum Gasteiger partial charge on any atom is 0.226 e. The van der Waals surface area contributed by atoms with Crippen LogP contribution >= 0.6 is 23.4 Å². The zero-order chi connectivity index (χ0) is 40.7. The van der Waals surface area contributed by atoms with Crippen LogP contribution in [0.1, 0.15) is 58.3 Å². The molecule has 4 aromatic carbocycles. The van der Waals surface area contributed by atoms with Crippen molar-refractivity contribution in [1.29, 1.82) is 0 Å². The van der Waals surface area contributed by atoms with Gasteiger partial charge in [0.25, 0.3) is 0 Å². The molecule has 3 saturated heterocycles. The van der Waals surface area contributed by atoms with Crippen LogP contribution < -0.4 is 18.9 Å². The molecule has 5 N–H and O–H groups in total. The quantitative estimate of drug-likeness (QED) is 0.0719. The molecule has 4 aromatic rings. The molecule has 5 unspecified atom stereocenters. The minimum atomic E-state index is -0.594. The number of aromatic hydroxyl groups is 4. The largest absolute Gasteiger partial charge is 0.508 e. The number of rotatable bonds is 11. The predicted octanol–water partition coefficient (Wildman–Crippen LogP) is 8.95. The zero-order valence-electron chi connectivity index (χ0n) is 32.2. The summed E-state index contributed by atoms with van der Waals surface area (Å²) in [4.78, 5) is 0. The summed E-state index contributed by atoms with van der Waals surface area (Å²) >= 11 is 7.33. The van der Waals surface area contributed by atoms with Crippen LogP contribution in [0.5, 0.6) is 46.0 Å². The molecule has 0 saturated carbocycles. The first-order chi connectivity index (χ1) is 27.7. The Bertz CT molecular complexity index is 1560. The van der Waals surface area contributed by atoms with E-state index in [4.69, 9.17) is 65.2 Å². The summed E-state index contributed by atoms with van der Waals surface area (Å²) in [6.07, 6.45) is 6.85. The number of thioether (sulfide) groups is 1. The zero-order valence-corrected chi connectivity index (χ0v) is 33.8. The Morgan fingerprint density at radius 2 is 1.12 bits per heavy atom. The smallest absolute Gasteiger partial charge is 0.226 e. The molecule has 0 aliphatic carbocycles. The summed E-state index contributed by atoms with van der Waals surface area (Å²) in [5, 5.41) is 45.9. The molecule has 0 amide bonds. The second-order valence-electron chi connectivity index (χ2n) is 13.1. The second-order valence-corrected chi connectivity index (χ2v) is 14.8. The van der Waals surface area contributed by atoms with E-state index < -0.39 is 12.4 Å². The van der Waals surface area contributed by atoms with Crippen molar-refractivity contribution in [3.05, 3.63) is 97.1 Å². The third-order valence-corrected chi connectivity index (χ3v) is 9.76. The van der Waals surface area contributed by atoms with Crippen molar-refractivity contribution >= 4 is 23.4 Å². The van der Waals surface area contributed by atoms with Crippen molar-refractivity contribution in [3.63, 3.8) is 0 Å². The Labute approximate surface area is 344 Å². The van der Waals surface area contributed by atoms with E-state index in [0.717, 1.165) is 50.2 Å². The third-order valence-electron chi connectivity index (χ3n) is 8.38. The minimum Gasteiger partial charge on any atom is -0.508 e. The van der Waals surface area contributed by atoms with Crippen LogP contribution in [0.25, 0.3) is 0 Å². The fourth-order valence-electron chi connectivity index (χ4n) is 5.43. The number of phenols is 4. The molecule has 3 fully saturated rings. The minimum absolute atomic E-state index is 0.117. The van der Waals surface area contributed by atoms with Gasteiger partial charge in [-0.25, -0.2) is 0 Å². The van der Waals surface area contributed by atoms with Crippen LogP contribution in [0.3, 0.4) is 0 Å². The van der Waals surface area contributed by atoms with Crippen LogP contribution in [-0.2, 0) is 14.2 Å². The number of phenolic OH excluding ortho intramolecular Hbond substituents is 4. The maximum atomic E-state index is 9.59. The SMILES string of the molecule is CC(OCCCl)Oc1ccc(O)cc1.Oc1ccc(OC2CCCCO2)cc1.Oc1ccc(OC2CCCCS2)cc1.Oc1ccc(OC2OCCCC2O)cc1. The number of alkyl halides is 1. The van der Waals surface area contributed by atoms with Crippen molar-refractivity contribution in [2.45, 2.75) is 88.7 Å². The first-order valence-corrected chi connectivity index (χ1v) is 20.8. The lowest BCUT2D eigenvalue weighted by Gasteiger charge is -2.28. The molecule has 312 valence electrons. The molecule has 3 aliphatic rings. The molecule has 7 rings (SSSR count). The highest BCUT2D eigenvalue weighted by Gasteiger charge is 2.25. The van der Waals surface area contributed by atoms with Gasteiger partial charge in [0.2, 0.25) is 6.29 Å². The average Bonchev–Trinajstić information content (AvgIpc) is 3.23. The van der Waals surface area contributed by atoms with Gasteiger partial charge in [-0.05, 0) is 155 Å². The van der Waals surface area contributed by atoms with Gasteiger partial charge in [-0.15, -0.1) is 23.4 Å². The molecule has 3 aliphatic heterocycles. The van der Waals surface area contributed by atoms with E-state index in [1.54, 1.807) is 79.7 Å². The van der Waals surface area contributed by atoms with Crippen LogP contribution in [-0.4, -0.2) is 87.4 Å². The van der Waals surface area contributed by atoms with Crippen molar-refractivity contribution in [2.24, 2.45) is 0 Å². The van der Waals surface area contributed by atoms with Crippen molar-refractivity contribution in [2.75, 3.05) is 31.5 Å². The summed E-state index contributed by atoms with van der Waals surface area (Å²) in [6, 6.07) is 26.5. The van der Waals surface area contributed by atoms with E-state index in [0.29, 0.717) is 42.4 Å². The van der Waals surface area contributed by atoms with Crippen molar-refractivity contribution < 1.29 is 58.7 Å². The molecule has 0 spiro atoms. The predicted molar refractivity (Wildman–Crippen MR) is 220 cm³/mol. The molecule has 3 heterocycles. The molecule has 12 nitrogen and oxygen atoms in total. The van der Waals surface area contributed by atoms with E-state index in [2.05, 4.69) is 0 Å². The van der Waals surface area contributed by atoms with E-state index in [9.17, 15) is 5.11 Å². The molecular formula is C43H55ClO12S. The monoisotopic (exact) mass is 830 g/mol. The third kappa shape index (κ3) is 18.7. The van der Waals surface area contributed by atoms with E-state index in [-0.39, 0.29) is 35.6 Å². The van der Waals surface area contributed by atoms with Crippen LogP contribution in [0.2, 0.25) is 0 Å². The number of aliphatic hydroxyl groups is 1. The molecule has 0 bridgehead atoms. The van der Waals surface area contributed by atoms with Gasteiger partial charge in [-0.1, -0.05) is 0 Å². The van der Waals surface area contributed by atoms with Gasteiger partial charge >= 0.3 is 0 Å². The number of ether oxygens (including phenoxy) is 7. The van der Waals surface area contributed by atoms with Crippen LogP contribution in [0, 0.1) is 0 Å². The lowest BCUT2D eigenvalue weighted by atomic mass is 10.1. The topological polar surface area (TPSA) is 166 Å². The number of benzene rings is 4. The Kier molecular flexibility index (Phi) is 20.7. The molecular weight excluding hydrogens is 776 g/mol. The van der Waals surface area contributed by atoms with Gasteiger partial charge < -0.3 is 58.7 Å². The highest BCUT2D eigenvalue weighted by Crippen LogP contribution is 2.29. The number of halogens is 1. The Balaban J connectivity index is 0.000000169. The summed E-state index contributed by atoms with van der Waals surface area (Å²) in [5.74, 6) is 5.42. The second kappa shape index (κ2) is 25.9. The molecule has 14 heteroatoms. The summed E-state index contributed by atoms with van der Waals surface area (Å²) in [5.41, 5.74) is 0.299. The van der Waals surface area contributed by atoms with Gasteiger partial charge in [0.05, 0.1) is 19.8 Å². The number of hydrogen-bond acceptors (Lipinski definition) is 13. The van der Waals surface area contributed by atoms with E-state index in [1.165, 1.54) is 30.7 Å². The maximum absolute atomic E-state index is 9.59. The van der Waals surface area contributed by atoms with Gasteiger partial charge in [-0.3, -0.25) is 0 Å². The molecule has 0 radical (unpaired) electrons. The average molecular weight is 831 g/mol. The Morgan fingerprint density at radius 1 is 0.614 bits per heavy atom. The summed E-state index contributed by atoms with van der Waals surface area (Å²) in [7, 11) is 0. The highest BCUT2D eigenvalue weighted by molar-refractivity contribution is 7.99. The fourth-order valence-corrected chi connectivity index (χ4v) is 6.67. The first-order valence-electron chi connectivity index (χ1n) is 19.2. The van der Waals surface area contributed by atoms with Crippen molar-refractivity contribution in [1.82, 2.24) is 0 Å². The standard InChI is InChI=1S/C11H14O4.C11H14O3.C11H14O2S.C10H13ClO3/c12-8-3-5-9(6-4-8)15-11-10(13)2-1-7-14-11;12-9-4-6-10(7-5-9)14-11-3-1-2-8-13-11;12-9-4-6-10(7-5-9)13-11-3-1-2-8-14-11;1-8(13-7-6-11)14-10-4-2-9(12)3-5-10/h3-6,10-13H,1-2,7H2;2*4-7,11-12H,1-3,8H2;2-5,8,12H,6-7H2,1H3. The van der Waals surface area contributed by atoms with Gasteiger partial charge in [0.15, 0.2) is 12.6 Å². The number of hydrogen-bond donors (Lipinski definition) is 5. The fraction of sp³-hybridized carbons (Fsp3) is 0.442. The normalized spacial score (nSPS) is 20.7. The molecule has 5 atom stereocenters. The van der Waals surface area contributed by atoms with E-state index in [1.807, 2.05) is 23.9 Å². The van der Waals surface area contributed by atoms with Crippen LogP contribution in [0.4, 0.5) is 0 Å². The number of aliphatic hydroxyl groups excluding tert-OH is 1. The van der Waals surface area contributed by atoms with Gasteiger partial charge in [-0.2, -0.15) is 0 Å². The molecule has 0 aromatic heterocycles. The van der Waals surface area contributed by atoms with Gasteiger partial charge in [0, 0.05) is 12.3 Å². The van der Waals surface area contributed by atoms with Crippen molar-refractivity contribution in [3.8, 4) is 46.0 Å². The Morgan fingerprint density at radius 3 is 1.61 bits per heavy atom. The summed E-state index contributed by atoms with van der Waals surface area (Å²) < 4.78 is 38.1. The van der Waals surface area contributed by atoms with E-state index >= 15 is 0 Å². The lowest BCUT2D eigenvalue weighted by Crippen LogP contribution is -2.38. The molecule has 57 heavy (non-hydrogen) atoms. The lowest BCUT2D eigenvalue weighted by molar-refractivity contribution is -0.170. The summed E-state index contributed by atoms with van der Waals surface area (Å²) in [6.45, 7) is 3.64. The highest BCUT2D eigenvalue weighted by atomic mass is 35.5. The van der Waals surface area contributed by atoms with Crippen LogP contribution in [0.15, 0.2) is 97.1 Å². The Hall–Kier alpha value is -4.24. The van der Waals surface area contributed by atoms with Gasteiger partial charge in [0.1, 0.15) is 57.5 Å².